The maximum Gasteiger partial charge on any atom is -0.0114 e. The summed E-state index contributed by atoms with van der Waals surface area (Å²) in [4.78, 5) is 0. The Balaban J connectivity index is 3.85. The molecular formula is C13H24. The maximum atomic E-state index is 3.95. The number of hydrogen-bond donors (Lipinski definition) is 0. The molecule has 13 heavy (non-hydrogen) atoms. The van der Waals surface area contributed by atoms with Crippen LogP contribution in [0.2, 0.25) is 0 Å². The van der Waals surface area contributed by atoms with Gasteiger partial charge in [0, 0.05) is 0 Å². The van der Waals surface area contributed by atoms with E-state index in [1.165, 1.54) is 24.8 Å². The van der Waals surface area contributed by atoms with Gasteiger partial charge in [0.15, 0.2) is 0 Å². The smallest absolute Gasteiger partial charge is 0.0114 e. The van der Waals surface area contributed by atoms with Crippen molar-refractivity contribution in [3.05, 3.63) is 23.8 Å². The Hall–Kier alpha value is -0.520. The first-order chi connectivity index (χ1) is 6.06. The van der Waals surface area contributed by atoms with Gasteiger partial charge in [-0.25, -0.2) is 0 Å². The van der Waals surface area contributed by atoms with Gasteiger partial charge in [0.05, 0.1) is 0 Å². The molecule has 0 heteroatoms. The standard InChI is InChI=1S/C13H24/c1-6-13(10-12(4)5)9-7-8-11(2)3/h9,11H,4,6-8,10H2,1-3,5H3. The third-order valence-corrected chi connectivity index (χ3v) is 2.16. The second-order valence-electron chi connectivity index (χ2n) is 4.32. The molecule has 0 spiro atoms. The highest BCUT2D eigenvalue weighted by Crippen LogP contribution is 2.15. The fourth-order valence-corrected chi connectivity index (χ4v) is 1.35. The third kappa shape index (κ3) is 7.83. The summed E-state index contributed by atoms with van der Waals surface area (Å²) < 4.78 is 0. The molecule has 0 fully saturated rings. The van der Waals surface area contributed by atoms with E-state index in [2.05, 4.69) is 40.3 Å². The average Bonchev–Trinajstić information content (AvgIpc) is 2.01. The van der Waals surface area contributed by atoms with Crippen molar-refractivity contribution in [3.63, 3.8) is 0 Å². The van der Waals surface area contributed by atoms with Gasteiger partial charge in [-0.05, 0) is 38.5 Å². The summed E-state index contributed by atoms with van der Waals surface area (Å²) >= 11 is 0. The molecule has 0 nitrogen and oxygen atoms in total. The van der Waals surface area contributed by atoms with E-state index in [9.17, 15) is 0 Å². The normalized spacial score (nSPS) is 12.2. The molecule has 0 aromatic rings. The lowest BCUT2D eigenvalue weighted by Gasteiger charge is -2.05. The minimum Gasteiger partial charge on any atom is -0.0998 e. The van der Waals surface area contributed by atoms with Gasteiger partial charge in [0.2, 0.25) is 0 Å². The largest absolute Gasteiger partial charge is 0.0998 e. The molecule has 0 heterocycles. The summed E-state index contributed by atoms with van der Waals surface area (Å²) in [6, 6.07) is 0. The first-order valence-electron chi connectivity index (χ1n) is 5.38. The van der Waals surface area contributed by atoms with E-state index in [1.807, 2.05) is 0 Å². The minimum absolute atomic E-state index is 0.819. The molecule has 0 aromatic heterocycles. The lowest BCUT2D eigenvalue weighted by Crippen LogP contribution is -1.87. The van der Waals surface area contributed by atoms with Gasteiger partial charge in [0.1, 0.15) is 0 Å². The Morgan fingerprint density at radius 2 is 2.00 bits per heavy atom. The Morgan fingerprint density at radius 3 is 2.38 bits per heavy atom. The van der Waals surface area contributed by atoms with E-state index in [0.29, 0.717) is 0 Å². The van der Waals surface area contributed by atoms with Crippen LogP contribution in [0.25, 0.3) is 0 Å². The number of allylic oxidation sites excluding steroid dienone is 3. The lowest BCUT2D eigenvalue weighted by molar-refractivity contribution is 0.592. The molecule has 0 saturated carbocycles. The molecule has 0 aliphatic rings. The highest BCUT2D eigenvalue weighted by molar-refractivity contribution is 5.10. The van der Waals surface area contributed by atoms with E-state index in [0.717, 1.165) is 12.3 Å². The SMILES string of the molecule is C=C(C)CC(=CCCC(C)C)CC. The van der Waals surface area contributed by atoms with Crippen molar-refractivity contribution in [3.8, 4) is 0 Å². The number of rotatable bonds is 6. The van der Waals surface area contributed by atoms with E-state index < -0.39 is 0 Å². The second-order valence-corrected chi connectivity index (χ2v) is 4.32. The molecule has 0 aromatic carbocycles. The average molecular weight is 180 g/mol. The molecule has 0 bridgehead atoms. The molecule has 0 rings (SSSR count). The topological polar surface area (TPSA) is 0 Å². The summed E-state index contributed by atoms with van der Waals surface area (Å²) in [7, 11) is 0. The van der Waals surface area contributed by atoms with Crippen LogP contribution in [0.1, 0.15) is 53.4 Å². The molecular weight excluding hydrogens is 156 g/mol. The van der Waals surface area contributed by atoms with Gasteiger partial charge in [-0.15, -0.1) is 0 Å². The van der Waals surface area contributed by atoms with Crippen LogP contribution < -0.4 is 0 Å². The van der Waals surface area contributed by atoms with Crippen LogP contribution in [0.5, 0.6) is 0 Å². The Labute approximate surface area is 83.7 Å². The van der Waals surface area contributed by atoms with Crippen LogP contribution in [0.4, 0.5) is 0 Å². The summed E-state index contributed by atoms with van der Waals surface area (Å²) in [5.74, 6) is 0.819. The first-order valence-corrected chi connectivity index (χ1v) is 5.38. The van der Waals surface area contributed by atoms with Crippen LogP contribution in [0, 0.1) is 5.92 Å². The van der Waals surface area contributed by atoms with Gasteiger partial charge in [-0.3, -0.25) is 0 Å². The van der Waals surface area contributed by atoms with Crippen molar-refractivity contribution >= 4 is 0 Å². The van der Waals surface area contributed by atoms with Crippen molar-refractivity contribution in [2.45, 2.75) is 53.4 Å². The number of hydrogen-bond acceptors (Lipinski definition) is 0. The molecule has 0 aliphatic heterocycles. The van der Waals surface area contributed by atoms with Crippen molar-refractivity contribution in [1.82, 2.24) is 0 Å². The zero-order chi connectivity index (χ0) is 10.3. The van der Waals surface area contributed by atoms with Gasteiger partial charge in [0.25, 0.3) is 0 Å². The van der Waals surface area contributed by atoms with Crippen LogP contribution in [0.3, 0.4) is 0 Å². The van der Waals surface area contributed by atoms with E-state index in [1.54, 1.807) is 5.57 Å². The fraction of sp³-hybridized carbons (Fsp3) is 0.692. The van der Waals surface area contributed by atoms with Crippen LogP contribution in [0.15, 0.2) is 23.8 Å². The summed E-state index contributed by atoms with van der Waals surface area (Å²) in [5, 5.41) is 0. The minimum atomic E-state index is 0.819. The van der Waals surface area contributed by atoms with Gasteiger partial charge in [-0.1, -0.05) is 44.6 Å². The molecule has 0 aliphatic carbocycles. The summed E-state index contributed by atoms with van der Waals surface area (Å²) in [6.07, 6.45) is 7.20. The van der Waals surface area contributed by atoms with E-state index in [4.69, 9.17) is 0 Å². The predicted octanol–water partition coefficient (Wildman–Crippen LogP) is 4.73. The quantitative estimate of drug-likeness (QED) is 0.519. The monoisotopic (exact) mass is 180 g/mol. The molecule has 0 unspecified atom stereocenters. The molecule has 76 valence electrons. The highest BCUT2D eigenvalue weighted by Gasteiger charge is 1.96. The van der Waals surface area contributed by atoms with Crippen molar-refractivity contribution in [2.24, 2.45) is 5.92 Å². The Kier molecular flexibility index (Phi) is 6.66. The van der Waals surface area contributed by atoms with E-state index >= 15 is 0 Å². The predicted molar refractivity (Wildman–Crippen MR) is 61.9 cm³/mol. The molecule has 0 saturated heterocycles. The van der Waals surface area contributed by atoms with Crippen molar-refractivity contribution in [2.75, 3.05) is 0 Å². The zero-order valence-corrected chi connectivity index (χ0v) is 9.69. The fourth-order valence-electron chi connectivity index (χ4n) is 1.35. The molecule has 0 amide bonds. The molecule has 0 atom stereocenters. The van der Waals surface area contributed by atoms with Crippen LogP contribution in [-0.2, 0) is 0 Å². The maximum absolute atomic E-state index is 3.95. The van der Waals surface area contributed by atoms with E-state index in [-0.39, 0.29) is 0 Å². The highest BCUT2D eigenvalue weighted by atomic mass is 14.0. The second kappa shape index (κ2) is 6.94. The lowest BCUT2D eigenvalue weighted by atomic mass is 10.0. The molecule has 0 N–H and O–H groups in total. The summed E-state index contributed by atoms with van der Waals surface area (Å²) in [5.41, 5.74) is 2.82. The van der Waals surface area contributed by atoms with Gasteiger partial charge in [-0.2, -0.15) is 0 Å². The Morgan fingerprint density at radius 1 is 1.38 bits per heavy atom. The van der Waals surface area contributed by atoms with Crippen LogP contribution in [-0.4, -0.2) is 0 Å². The van der Waals surface area contributed by atoms with Crippen molar-refractivity contribution in [1.29, 1.82) is 0 Å². The molecule has 0 radical (unpaired) electrons. The van der Waals surface area contributed by atoms with Crippen molar-refractivity contribution < 1.29 is 0 Å². The van der Waals surface area contributed by atoms with Gasteiger partial charge < -0.3 is 0 Å². The Bertz CT molecular complexity index is 172. The third-order valence-electron chi connectivity index (χ3n) is 2.16. The zero-order valence-electron chi connectivity index (χ0n) is 9.69. The van der Waals surface area contributed by atoms with Gasteiger partial charge >= 0.3 is 0 Å². The van der Waals surface area contributed by atoms with Crippen LogP contribution >= 0.6 is 0 Å². The first kappa shape index (κ1) is 12.5. The summed E-state index contributed by atoms with van der Waals surface area (Å²) in [6.45, 7) is 12.8.